The molecule has 3 nitrogen and oxygen atoms in total. The van der Waals surface area contributed by atoms with Gasteiger partial charge in [0.2, 0.25) is 5.91 Å². The van der Waals surface area contributed by atoms with Gasteiger partial charge in [-0.15, -0.1) is 0 Å². The topological polar surface area (TPSA) is 55.1 Å². The van der Waals surface area contributed by atoms with E-state index in [0.29, 0.717) is 12.3 Å². The number of nitrogens with one attached hydrogen (secondary N) is 1. The molecular formula is C15H30N2OS. The first-order chi connectivity index (χ1) is 9.06. The van der Waals surface area contributed by atoms with Crippen LogP contribution in [0.2, 0.25) is 0 Å². The maximum Gasteiger partial charge on any atom is 0.220 e. The van der Waals surface area contributed by atoms with Gasteiger partial charge in [-0.3, -0.25) is 4.79 Å². The minimum absolute atomic E-state index is 0.183. The third-order valence-electron chi connectivity index (χ3n) is 4.74. The maximum atomic E-state index is 12.1. The highest BCUT2D eigenvalue weighted by atomic mass is 32.2. The third kappa shape index (κ3) is 4.99. The van der Waals surface area contributed by atoms with Crippen LogP contribution in [0.15, 0.2) is 0 Å². The van der Waals surface area contributed by atoms with Crippen LogP contribution in [0.1, 0.15) is 58.8 Å². The molecule has 0 heterocycles. The molecular weight excluding hydrogens is 256 g/mol. The van der Waals surface area contributed by atoms with E-state index < -0.39 is 0 Å². The zero-order chi connectivity index (χ0) is 14.3. The Labute approximate surface area is 122 Å². The van der Waals surface area contributed by atoms with E-state index in [0.717, 1.165) is 32.2 Å². The number of carbonyl (C=O) groups is 1. The first-order valence-electron chi connectivity index (χ1n) is 7.64. The highest BCUT2D eigenvalue weighted by Crippen LogP contribution is 2.30. The fraction of sp³-hybridized carbons (Fsp3) is 0.933. The number of hydrogen-bond acceptors (Lipinski definition) is 3. The lowest BCUT2D eigenvalue weighted by Gasteiger charge is -2.31. The molecule has 1 aliphatic carbocycles. The van der Waals surface area contributed by atoms with Crippen LogP contribution in [-0.4, -0.2) is 29.5 Å². The molecule has 0 aromatic heterocycles. The van der Waals surface area contributed by atoms with E-state index in [4.69, 9.17) is 5.73 Å². The van der Waals surface area contributed by atoms with Gasteiger partial charge in [-0.25, -0.2) is 0 Å². The minimum atomic E-state index is 0.183. The van der Waals surface area contributed by atoms with Crippen molar-refractivity contribution in [2.24, 2.45) is 11.7 Å². The summed E-state index contributed by atoms with van der Waals surface area (Å²) in [5.74, 6) is 0.573. The van der Waals surface area contributed by atoms with Crippen molar-refractivity contribution in [3.63, 3.8) is 0 Å². The van der Waals surface area contributed by atoms with Gasteiger partial charge in [0.25, 0.3) is 0 Å². The van der Waals surface area contributed by atoms with E-state index in [1.807, 2.05) is 11.8 Å². The van der Waals surface area contributed by atoms with Crippen LogP contribution in [0.4, 0.5) is 0 Å². The van der Waals surface area contributed by atoms with Crippen molar-refractivity contribution >= 4 is 17.7 Å². The molecule has 0 aromatic rings. The number of rotatable bonds is 7. The second-order valence-electron chi connectivity index (χ2n) is 5.78. The summed E-state index contributed by atoms with van der Waals surface area (Å²) in [4.78, 5) is 12.1. The molecule has 1 saturated carbocycles. The van der Waals surface area contributed by atoms with Gasteiger partial charge in [0, 0.05) is 23.8 Å². The van der Waals surface area contributed by atoms with Crippen molar-refractivity contribution in [2.75, 3.05) is 12.8 Å². The summed E-state index contributed by atoms with van der Waals surface area (Å²) in [5.41, 5.74) is 6.10. The van der Waals surface area contributed by atoms with Crippen LogP contribution in [0.3, 0.4) is 0 Å². The maximum absolute atomic E-state index is 12.1. The first-order valence-corrected chi connectivity index (χ1v) is 8.86. The highest BCUT2D eigenvalue weighted by Gasteiger charge is 2.27. The number of carbonyl (C=O) groups excluding carboxylic acids is 1. The lowest BCUT2D eigenvalue weighted by molar-refractivity contribution is -0.122. The normalized spacial score (nSPS) is 24.2. The second kappa shape index (κ2) is 8.15. The summed E-state index contributed by atoms with van der Waals surface area (Å²) in [6, 6.07) is 0.224. The molecule has 0 saturated heterocycles. The lowest BCUT2D eigenvalue weighted by atomic mass is 9.83. The quantitative estimate of drug-likeness (QED) is 0.756. The van der Waals surface area contributed by atoms with Gasteiger partial charge in [-0.1, -0.05) is 26.7 Å². The van der Waals surface area contributed by atoms with Crippen molar-refractivity contribution in [3.8, 4) is 0 Å². The van der Waals surface area contributed by atoms with Crippen molar-refractivity contribution in [1.29, 1.82) is 0 Å². The molecule has 1 amide bonds. The molecule has 2 unspecified atom stereocenters. The van der Waals surface area contributed by atoms with Gasteiger partial charge in [-0.2, -0.15) is 11.8 Å². The Balaban J connectivity index is 2.38. The van der Waals surface area contributed by atoms with E-state index in [9.17, 15) is 4.79 Å². The molecule has 0 aromatic carbocycles. The first kappa shape index (κ1) is 16.8. The van der Waals surface area contributed by atoms with Gasteiger partial charge in [-0.05, 0) is 37.9 Å². The molecule has 19 heavy (non-hydrogen) atoms. The van der Waals surface area contributed by atoms with Gasteiger partial charge in [0.15, 0.2) is 0 Å². The highest BCUT2D eigenvalue weighted by molar-refractivity contribution is 8.00. The lowest BCUT2D eigenvalue weighted by Crippen LogP contribution is -2.42. The molecule has 112 valence electrons. The zero-order valence-corrected chi connectivity index (χ0v) is 13.5. The zero-order valence-electron chi connectivity index (χ0n) is 12.7. The number of thioether (sulfide) groups is 1. The largest absolute Gasteiger partial charge is 0.355 e. The van der Waals surface area contributed by atoms with Crippen LogP contribution >= 0.6 is 11.8 Å². The fourth-order valence-corrected chi connectivity index (χ4v) is 3.71. The van der Waals surface area contributed by atoms with Crippen LogP contribution in [0, 0.1) is 5.92 Å². The molecule has 1 rings (SSSR count). The Bertz CT molecular complexity index is 271. The average molecular weight is 286 g/mol. The number of hydrogen-bond donors (Lipinski definition) is 2. The Hall–Kier alpha value is -0.220. The van der Waals surface area contributed by atoms with E-state index in [1.54, 1.807) is 0 Å². The predicted molar refractivity (Wildman–Crippen MR) is 84.4 cm³/mol. The van der Waals surface area contributed by atoms with Gasteiger partial charge in [0.05, 0.1) is 0 Å². The van der Waals surface area contributed by atoms with E-state index >= 15 is 0 Å². The van der Waals surface area contributed by atoms with Crippen molar-refractivity contribution in [1.82, 2.24) is 5.32 Å². The Morgan fingerprint density at radius 1 is 1.32 bits per heavy atom. The summed E-state index contributed by atoms with van der Waals surface area (Å²) in [6.45, 7) is 5.17. The average Bonchev–Trinajstić information content (AvgIpc) is 2.44. The monoisotopic (exact) mass is 286 g/mol. The molecule has 0 aliphatic heterocycles. The van der Waals surface area contributed by atoms with E-state index in [2.05, 4.69) is 25.4 Å². The Morgan fingerprint density at radius 3 is 2.47 bits per heavy atom. The third-order valence-corrected chi connectivity index (χ3v) is 6.33. The van der Waals surface area contributed by atoms with E-state index in [-0.39, 0.29) is 16.7 Å². The standard InChI is InChI=1S/C15H30N2OS/c1-4-15(5-2,19-3)11-17-14(18)10-12-8-6-7-9-13(12)16/h12-13H,4-11,16H2,1-3H3,(H,17,18). The molecule has 2 atom stereocenters. The number of nitrogens with two attached hydrogens (primary N) is 1. The molecule has 3 N–H and O–H groups in total. The van der Waals surface area contributed by atoms with Gasteiger partial charge < -0.3 is 11.1 Å². The van der Waals surface area contributed by atoms with Crippen molar-refractivity contribution in [3.05, 3.63) is 0 Å². The van der Waals surface area contributed by atoms with Gasteiger partial charge in [0.1, 0.15) is 0 Å². The summed E-state index contributed by atoms with van der Waals surface area (Å²) in [5, 5.41) is 3.13. The summed E-state index contributed by atoms with van der Waals surface area (Å²) in [7, 11) is 0. The van der Waals surface area contributed by atoms with Gasteiger partial charge >= 0.3 is 0 Å². The smallest absolute Gasteiger partial charge is 0.220 e. The number of amides is 1. The van der Waals surface area contributed by atoms with Crippen molar-refractivity contribution in [2.45, 2.75) is 69.6 Å². The predicted octanol–water partition coefficient (Wildman–Crippen LogP) is 2.93. The summed E-state index contributed by atoms with van der Waals surface area (Å²) in [6.07, 6.45) is 9.57. The minimum Gasteiger partial charge on any atom is -0.355 e. The summed E-state index contributed by atoms with van der Waals surface area (Å²) >= 11 is 1.87. The Morgan fingerprint density at radius 2 is 1.95 bits per heavy atom. The van der Waals surface area contributed by atoms with Crippen LogP contribution < -0.4 is 11.1 Å². The SMILES string of the molecule is CCC(CC)(CNC(=O)CC1CCCCC1N)SC. The molecule has 0 spiro atoms. The van der Waals surface area contributed by atoms with E-state index in [1.165, 1.54) is 12.8 Å². The Kier molecular flexibility index (Phi) is 7.22. The molecule has 0 bridgehead atoms. The fourth-order valence-electron chi connectivity index (χ4n) is 2.92. The molecule has 1 fully saturated rings. The summed E-state index contributed by atoms with van der Waals surface area (Å²) < 4.78 is 0.199. The van der Waals surface area contributed by atoms with Crippen LogP contribution in [-0.2, 0) is 4.79 Å². The van der Waals surface area contributed by atoms with Crippen LogP contribution in [0.25, 0.3) is 0 Å². The molecule has 4 heteroatoms. The van der Waals surface area contributed by atoms with Crippen LogP contribution in [0.5, 0.6) is 0 Å². The molecule has 0 radical (unpaired) electrons. The van der Waals surface area contributed by atoms with Crippen molar-refractivity contribution < 1.29 is 4.79 Å². The second-order valence-corrected chi connectivity index (χ2v) is 7.06. The molecule has 1 aliphatic rings.